The molecule has 1 atom stereocenters. The zero-order valence-electron chi connectivity index (χ0n) is 27.5. The summed E-state index contributed by atoms with van der Waals surface area (Å²) < 4.78 is 18.9. The minimum atomic E-state index is -0.618. The van der Waals surface area contributed by atoms with Gasteiger partial charge in [0.1, 0.15) is 29.4 Å². The normalized spacial score (nSPS) is 16.3. The van der Waals surface area contributed by atoms with Crippen molar-refractivity contribution in [3.05, 3.63) is 96.7 Å². The van der Waals surface area contributed by atoms with Gasteiger partial charge in [0.2, 0.25) is 5.91 Å². The van der Waals surface area contributed by atoms with Crippen LogP contribution in [0.1, 0.15) is 32.8 Å². The number of rotatable bonds is 7. The molecule has 0 saturated carbocycles. The van der Waals surface area contributed by atoms with Crippen LogP contribution in [0.15, 0.2) is 91.1 Å². The second-order valence-corrected chi connectivity index (χ2v) is 13.0. The Balaban J connectivity index is 1.27. The monoisotopic (exact) mass is 646 g/mol. The van der Waals surface area contributed by atoms with E-state index >= 15 is 0 Å². The third-order valence-corrected chi connectivity index (χ3v) is 8.47. The van der Waals surface area contributed by atoms with E-state index in [0.29, 0.717) is 43.3 Å². The van der Waals surface area contributed by atoms with Gasteiger partial charge in [0, 0.05) is 25.0 Å². The van der Waals surface area contributed by atoms with E-state index in [2.05, 4.69) is 0 Å². The Kier molecular flexibility index (Phi) is 8.12. The van der Waals surface area contributed by atoms with Gasteiger partial charge in [-0.3, -0.25) is 9.69 Å². The maximum Gasteiger partial charge on any atom is 0.410 e. The number of para-hydroxylation sites is 1. The van der Waals surface area contributed by atoms with Crippen LogP contribution in [0.25, 0.3) is 11.0 Å². The van der Waals surface area contributed by atoms with Crippen LogP contribution < -0.4 is 19.3 Å². The number of methoxy groups -OCH3 is 1. The molecule has 0 aliphatic carbocycles. The lowest BCUT2D eigenvalue weighted by Gasteiger charge is -2.29. The van der Waals surface area contributed by atoms with Crippen molar-refractivity contribution in [3.8, 4) is 17.2 Å². The van der Waals surface area contributed by atoms with Crippen LogP contribution in [0.2, 0.25) is 0 Å². The highest BCUT2D eigenvalue weighted by Crippen LogP contribution is 2.42. The molecule has 2 aliphatic rings. The average Bonchev–Trinajstić information content (AvgIpc) is 3.67. The van der Waals surface area contributed by atoms with Crippen molar-refractivity contribution in [2.24, 2.45) is 0 Å². The first-order valence-corrected chi connectivity index (χ1v) is 16.1. The van der Waals surface area contributed by atoms with E-state index in [-0.39, 0.29) is 24.6 Å². The third kappa shape index (κ3) is 6.23. The lowest BCUT2D eigenvalue weighted by Crippen LogP contribution is -2.46. The Morgan fingerprint density at radius 3 is 2.33 bits per heavy atom. The molecule has 1 fully saturated rings. The molecule has 11 nitrogen and oxygen atoms in total. The summed E-state index contributed by atoms with van der Waals surface area (Å²) in [6.45, 7) is 6.89. The van der Waals surface area contributed by atoms with E-state index in [4.69, 9.17) is 24.3 Å². The number of hydrogen-bond donors (Lipinski definition) is 0. The number of amides is 2. The fraction of sp³-hybridized carbons (Fsp3) is 0.297. The largest absolute Gasteiger partial charge is 0.497 e. The Morgan fingerprint density at radius 2 is 1.62 bits per heavy atom. The van der Waals surface area contributed by atoms with Gasteiger partial charge in [-0.15, -0.1) is 0 Å². The van der Waals surface area contributed by atoms with Crippen molar-refractivity contribution in [2.45, 2.75) is 45.4 Å². The summed E-state index contributed by atoms with van der Waals surface area (Å²) in [5.41, 5.74) is 2.71. The number of likely N-dealkylation sites (tertiary alicyclic amines) is 1. The highest BCUT2D eigenvalue weighted by molar-refractivity contribution is 6.11. The number of carbonyl (C=O) groups is 2. The highest BCUT2D eigenvalue weighted by Gasteiger charge is 2.40. The molecule has 2 aliphatic heterocycles. The average molecular weight is 647 g/mol. The van der Waals surface area contributed by atoms with Crippen LogP contribution in [0.4, 0.5) is 22.0 Å². The van der Waals surface area contributed by atoms with Crippen molar-refractivity contribution in [1.29, 1.82) is 0 Å². The van der Waals surface area contributed by atoms with Gasteiger partial charge >= 0.3 is 6.09 Å². The molecule has 5 aromatic rings. The summed E-state index contributed by atoms with van der Waals surface area (Å²) in [5, 5.41) is 5.83. The maximum absolute atomic E-state index is 14.4. The summed E-state index contributed by atoms with van der Waals surface area (Å²) >= 11 is 0. The molecule has 48 heavy (non-hydrogen) atoms. The lowest BCUT2D eigenvalue weighted by atomic mass is 10.2. The highest BCUT2D eigenvalue weighted by atomic mass is 16.6. The number of hydrogen-bond acceptors (Lipinski definition) is 8. The molecule has 0 N–H and O–H groups in total. The second-order valence-electron chi connectivity index (χ2n) is 13.0. The molecule has 3 aromatic carbocycles. The predicted molar refractivity (Wildman–Crippen MR) is 183 cm³/mol. The molecule has 2 amide bonds. The molecule has 11 heteroatoms. The predicted octanol–water partition coefficient (Wildman–Crippen LogP) is 6.77. The quantitative estimate of drug-likeness (QED) is 0.191. The molecule has 2 aromatic heterocycles. The lowest BCUT2D eigenvalue weighted by molar-refractivity contribution is -0.117. The van der Waals surface area contributed by atoms with E-state index in [1.807, 2.05) is 115 Å². The second kappa shape index (κ2) is 12.6. The molecule has 7 rings (SSSR count). The van der Waals surface area contributed by atoms with Crippen molar-refractivity contribution < 1.29 is 23.8 Å². The van der Waals surface area contributed by atoms with Crippen LogP contribution in [0.3, 0.4) is 0 Å². The fourth-order valence-electron chi connectivity index (χ4n) is 6.26. The molecule has 0 unspecified atom stereocenters. The van der Waals surface area contributed by atoms with E-state index in [1.165, 1.54) is 0 Å². The minimum Gasteiger partial charge on any atom is -0.497 e. The fourth-order valence-corrected chi connectivity index (χ4v) is 6.26. The standard InChI is InChI=1S/C37H38N6O5/c1-37(2,3)48-36(45)40-21-19-27(23-40)43-32(44)24-41(26-12-16-30(17-13-26)47-29-8-6-5-7-9-29)31-18-20-38-34-33(31)35(43)39-42(34)22-25-10-14-28(46-4)15-11-25/h5-18,20,27H,19,21-24H2,1-4H3/t27-/m1/s1. The van der Waals surface area contributed by atoms with Crippen molar-refractivity contribution in [2.75, 3.05) is 36.5 Å². The molecular formula is C37H38N6O5. The number of ether oxygens (including phenoxy) is 3. The molecule has 0 spiro atoms. The minimum absolute atomic E-state index is 0.0791. The molecule has 4 heterocycles. The van der Waals surface area contributed by atoms with Crippen molar-refractivity contribution in [3.63, 3.8) is 0 Å². The van der Waals surface area contributed by atoms with Gasteiger partial charge in [0.05, 0.1) is 30.8 Å². The van der Waals surface area contributed by atoms with Crippen molar-refractivity contribution in [1.82, 2.24) is 19.7 Å². The van der Waals surface area contributed by atoms with Gasteiger partial charge in [0.15, 0.2) is 11.5 Å². The smallest absolute Gasteiger partial charge is 0.410 e. The maximum atomic E-state index is 14.4. The molecule has 0 bridgehead atoms. The van der Waals surface area contributed by atoms with Crippen LogP contribution in [-0.2, 0) is 16.1 Å². The van der Waals surface area contributed by atoms with E-state index in [1.54, 1.807) is 23.1 Å². The third-order valence-electron chi connectivity index (χ3n) is 8.47. The van der Waals surface area contributed by atoms with Gasteiger partial charge in [-0.1, -0.05) is 30.3 Å². The summed E-state index contributed by atoms with van der Waals surface area (Å²) in [6.07, 6.45) is 1.97. The van der Waals surface area contributed by atoms with Gasteiger partial charge in [-0.05, 0) is 87.4 Å². The molecule has 0 radical (unpaired) electrons. The van der Waals surface area contributed by atoms with E-state index in [0.717, 1.165) is 33.8 Å². The van der Waals surface area contributed by atoms with Crippen LogP contribution >= 0.6 is 0 Å². The summed E-state index contributed by atoms with van der Waals surface area (Å²) in [4.78, 5) is 37.6. The summed E-state index contributed by atoms with van der Waals surface area (Å²) in [5.74, 6) is 2.61. The van der Waals surface area contributed by atoms with Gasteiger partial charge in [-0.25, -0.2) is 14.5 Å². The van der Waals surface area contributed by atoms with Crippen LogP contribution in [0, 0.1) is 0 Å². The Hall–Kier alpha value is -5.58. The number of benzene rings is 3. The Morgan fingerprint density at radius 1 is 0.917 bits per heavy atom. The number of carbonyl (C=O) groups excluding carboxylic acids is 2. The Bertz CT molecular complexity index is 1940. The SMILES string of the molecule is COc1ccc(Cn2nc3c4c(ccnc42)N(c2ccc(Oc4ccccc4)cc2)CC(=O)N3[C@@H]2CCN(C(=O)OC(C)(C)C)C2)cc1. The number of nitrogens with zero attached hydrogens (tertiary/aromatic N) is 6. The first-order valence-electron chi connectivity index (χ1n) is 16.1. The van der Waals surface area contributed by atoms with Crippen LogP contribution in [0.5, 0.6) is 17.2 Å². The zero-order valence-corrected chi connectivity index (χ0v) is 27.5. The van der Waals surface area contributed by atoms with E-state index in [9.17, 15) is 9.59 Å². The van der Waals surface area contributed by atoms with Gasteiger partial charge < -0.3 is 24.0 Å². The summed E-state index contributed by atoms with van der Waals surface area (Å²) in [7, 11) is 1.64. The van der Waals surface area contributed by atoms with Crippen LogP contribution in [-0.4, -0.2) is 70.1 Å². The number of anilines is 3. The summed E-state index contributed by atoms with van der Waals surface area (Å²) in [6, 6.07) is 26.8. The Labute approximate surface area is 279 Å². The first-order chi connectivity index (χ1) is 23.2. The van der Waals surface area contributed by atoms with E-state index < -0.39 is 5.60 Å². The molecular weight excluding hydrogens is 608 g/mol. The molecule has 246 valence electrons. The van der Waals surface area contributed by atoms with Gasteiger partial charge in [-0.2, -0.15) is 5.10 Å². The van der Waals surface area contributed by atoms with Gasteiger partial charge in [0.25, 0.3) is 0 Å². The van der Waals surface area contributed by atoms with Crippen molar-refractivity contribution >= 4 is 40.2 Å². The topological polar surface area (TPSA) is 102 Å². The number of pyridine rings is 1. The number of aromatic nitrogens is 3. The zero-order chi connectivity index (χ0) is 33.4. The molecule has 1 saturated heterocycles. The first kappa shape index (κ1) is 31.0.